The summed E-state index contributed by atoms with van der Waals surface area (Å²) in [7, 11) is 0. The quantitative estimate of drug-likeness (QED) is 0.549. The van der Waals surface area contributed by atoms with Gasteiger partial charge in [0.05, 0.1) is 29.7 Å². The van der Waals surface area contributed by atoms with Gasteiger partial charge in [-0.05, 0) is 56.2 Å². The topological polar surface area (TPSA) is 73.5 Å². The van der Waals surface area contributed by atoms with Crippen molar-refractivity contribution in [1.29, 1.82) is 0 Å². The molecule has 1 unspecified atom stereocenters. The Morgan fingerprint density at radius 1 is 0.970 bits per heavy atom. The van der Waals surface area contributed by atoms with Gasteiger partial charge in [-0.15, -0.1) is 11.8 Å². The number of anilines is 2. The van der Waals surface area contributed by atoms with Crippen molar-refractivity contribution in [3.63, 3.8) is 0 Å². The summed E-state index contributed by atoms with van der Waals surface area (Å²) in [5.74, 6) is 1.70. The Labute approximate surface area is 199 Å². The lowest BCUT2D eigenvalue weighted by molar-refractivity contribution is 0.0758. The van der Waals surface area contributed by atoms with E-state index in [1.807, 2.05) is 36.0 Å². The molecular weight excluding hydrogens is 432 g/mol. The second-order valence-electron chi connectivity index (χ2n) is 8.70. The molecule has 2 N–H and O–H groups in total. The average molecular weight is 463 g/mol. The summed E-state index contributed by atoms with van der Waals surface area (Å²) in [6, 6.07) is 20.9. The monoisotopic (exact) mass is 462 g/mol. The Balaban J connectivity index is 1.62. The van der Waals surface area contributed by atoms with Crippen LogP contribution in [0.4, 0.5) is 11.5 Å². The fourth-order valence-electron chi connectivity index (χ4n) is 4.47. The van der Waals surface area contributed by atoms with E-state index in [0.29, 0.717) is 13.2 Å². The van der Waals surface area contributed by atoms with Gasteiger partial charge in [-0.3, -0.25) is 0 Å². The first-order valence-electron chi connectivity index (χ1n) is 11.5. The lowest BCUT2D eigenvalue weighted by Gasteiger charge is -2.38. The van der Waals surface area contributed by atoms with E-state index in [1.165, 1.54) is 4.90 Å². The molecule has 2 saturated heterocycles. The van der Waals surface area contributed by atoms with Crippen molar-refractivity contribution in [3.05, 3.63) is 66.4 Å². The van der Waals surface area contributed by atoms with Crippen LogP contribution in [0.1, 0.15) is 25.5 Å². The van der Waals surface area contributed by atoms with E-state index in [1.54, 1.807) is 0 Å². The van der Waals surface area contributed by atoms with Crippen LogP contribution in [0.5, 0.6) is 0 Å². The maximum Gasteiger partial charge on any atom is 0.161 e. The Kier molecular flexibility index (Phi) is 6.53. The minimum atomic E-state index is -0.171. The second-order valence-corrected chi connectivity index (χ2v) is 10.2. The van der Waals surface area contributed by atoms with Crippen molar-refractivity contribution in [2.75, 3.05) is 43.6 Å². The highest BCUT2D eigenvalue weighted by atomic mass is 32.2. The van der Waals surface area contributed by atoms with Crippen molar-refractivity contribution in [2.45, 2.75) is 35.4 Å². The number of thioether (sulfide) groups is 1. The molecule has 0 radical (unpaired) electrons. The summed E-state index contributed by atoms with van der Waals surface area (Å²) >= 11 is 1.89. The van der Waals surface area contributed by atoms with E-state index in [0.717, 1.165) is 61.2 Å². The highest BCUT2D eigenvalue weighted by Crippen LogP contribution is 2.48. The van der Waals surface area contributed by atoms with E-state index < -0.39 is 0 Å². The number of ether oxygens (including phenoxy) is 2. The molecule has 0 amide bonds. The van der Waals surface area contributed by atoms with E-state index in [-0.39, 0.29) is 10.8 Å². The fraction of sp³-hybridized carbons (Fsp3) is 0.385. The maximum absolute atomic E-state index is 5.94. The van der Waals surface area contributed by atoms with E-state index in [4.69, 9.17) is 25.2 Å². The number of nitrogen functional groups attached to an aromatic ring is 1. The van der Waals surface area contributed by atoms with E-state index in [9.17, 15) is 0 Å². The van der Waals surface area contributed by atoms with Gasteiger partial charge < -0.3 is 20.1 Å². The highest BCUT2D eigenvalue weighted by Gasteiger charge is 2.38. The van der Waals surface area contributed by atoms with Crippen LogP contribution in [0.3, 0.4) is 0 Å². The minimum Gasteiger partial charge on any atom is -0.399 e. The first-order valence-corrected chi connectivity index (χ1v) is 12.4. The van der Waals surface area contributed by atoms with Crippen molar-refractivity contribution < 1.29 is 9.47 Å². The largest absolute Gasteiger partial charge is 0.399 e. The standard InChI is InChI=1S/C26H30N4O2S/c1-19-18-32-16-13-30(19)24-17-23(28-25(29-24)20-7-9-21(27)10-8-20)26(11-14-31-15-12-26)33-22-5-3-2-4-6-22/h2-10,17,19H,11-16,18,27H2,1H3. The van der Waals surface area contributed by atoms with Crippen LogP contribution in [0.2, 0.25) is 0 Å². The predicted octanol–water partition coefficient (Wildman–Crippen LogP) is 4.75. The first kappa shape index (κ1) is 22.2. The summed E-state index contributed by atoms with van der Waals surface area (Å²) < 4.78 is 11.3. The van der Waals surface area contributed by atoms with Gasteiger partial charge >= 0.3 is 0 Å². The number of rotatable bonds is 5. The van der Waals surface area contributed by atoms with Crippen LogP contribution in [-0.4, -0.2) is 49.0 Å². The molecule has 0 bridgehead atoms. The molecule has 3 aromatic rings. The summed E-state index contributed by atoms with van der Waals surface area (Å²) in [6.45, 7) is 5.87. The first-order chi connectivity index (χ1) is 16.1. The van der Waals surface area contributed by atoms with E-state index in [2.05, 4.69) is 48.2 Å². The summed E-state index contributed by atoms with van der Waals surface area (Å²) in [5.41, 5.74) is 8.71. The number of nitrogens with zero attached hydrogens (tertiary/aromatic N) is 3. The number of hydrogen-bond acceptors (Lipinski definition) is 7. The van der Waals surface area contributed by atoms with Gasteiger partial charge in [0, 0.05) is 42.0 Å². The second kappa shape index (κ2) is 9.71. The molecule has 0 saturated carbocycles. The Morgan fingerprint density at radius 3 is 2.45 bits per heavy atom. The molecule has 0 aliphatic carbocycles. The molecule has 6 nitrogen and oxygen atoms in total. The zero-order valence-electron chi connectivity index (χ0n) is 18.9. The third-order valence-electron chi connectivity index (χ3n) is 6.37. The van der Waals surface area contributed by atoms with Crippen LogP contribution in [-0.2, 0) is 14.2 Å². The maximum atomic E-state index is 5.94. The molecule has 5 rings (SSSR count). The average Bonchev–Trinajstić information content (AvgIpc) is 2.86. The van der Waals surface area contributed by atoms with Gasteiger partial charge in [0.25, 0.3) is 0 Å². The molecule has 2 aromatic carbocycles. The molecule has 33 heavy (non-hydrogen) atoms. The molecule has 1 atom stereocenters. The molecule has 2 fully saturated rings. The zero-order valence-corrected chi connectivity index (χ0v) is 19.8. The van der Waals surface area contributed by atoms with Crippen LogP contribution in [0, 0.1) is 0 Å². The van der Waals surface area contributed by atoms with Gasteiger partial charge in [-0.2, -0.15) is 0 Å². The van der Waals surface area contributed by atoms with Gasteiger partial charge in [0.2, 0.25) is 0 Å². The lowest BCUT2D eigenvalue weighted by Crippen LogP contribution is -2.44. The van der Waals surface area contributed by atoms with Crippen molar-refractivity contribution >= 4 is 23.3 Å². The fourth-order valence-corrected chi connectivity index (χ4v) is 5.79. The third kappa shape index (κ3) is 4.86. The summed E-state index contributed by atoms with van der Waals surface area (Å²) in [6.07, 6.45) is 1.81. The molecule has 2 aliphatic rings. The number of benzene rings is 2. The van der Waals surface area contributed by atoms with Gasteiger partial charge in [0.15, 0.2) is 5.82 Å². The highest BCUT2D eigenvalue weighted by molar-refractivity contribution is 8.00. The van der Waals surface area contributed by atoms with Crippen LogP contribution in [0.25, 0.3) is 11.4 Å². The smallest absolute Gasteiger partial charge is 0.161 e. The molecule has 0 spiro atoms. The molecule has 7 heteroatoms. The van der Waals surface area contributed by atoms with Crippen molar-refractivity contribution in [1.82, 2.24) is 9.97 Å². The zero-order chi connectivity index (χ0) is 22.7. The number of nitrogens with two attached hydrogens (primary N) is 1. The molecule has 3 heterocycles. The molecule has 2 aliphatic heterocycles. The molecular formula is C26H30N4O2S. The molecule has 172 valence electrons. The summed E-state index contributed by atoms with van der Waals surface area (Å²) in [5, 5.41) is 0. The number of hydrogen-bond donors (Lipinski definition) is 1. The number of aromatic nitrogens is 2. The van der Waals surface area contributed by atoms with Crippen LogP contribution in [0.15, 0.2) is 65.6 Å². The third-order valence-corrected chi connectivity index (χ3v) is 7.88. The predicted molar refractivity (Wildman–Crippen MR) is 134 cm³/mol. The Morgan fingerprint density at radius 2 is 1.73 bits per heavy atom. The van der Waals surface area contributed by atoms with E-state index >= 15 is 0 Å². The Bertz CT molecular complexity index is 1070. The van der Waals surface area contributed by atoms with Crippen molar-refractivity contribution in [3.8, 4) is 11.4 Å². The van der Waals surface area contributed by atoms with Gasteiger partial charge in [-0.25, -0.2) is 9.97 Å². The SMILES string of the molecule is CC1COCCN1c1cc(C2(Sc3ccccc3)CCOCC2)nc(-c2ccc(N)cc2)n1. The van der Waals surface area contributed by atoms with Crippen LogP contribution < -0.4 is 10.6 Å². The number of morpholine rings is 1. The summed E-state index contributed by atoms with van der Waals surface area (Å²) in [4.78, 5) is 13.8. The normalized spacial score (nSPS) is 20.5. The van der Waals surface area contributed by atoms with Crippen molar-refractivity contribution in [2.24, 2.45) is 0 Å². The van der Waals surface area contributed by atoms with Gasteiger partial charge in [-0.1, -0.05) is 18.2 Å². The Hall–Kier alpha value is -2.61. The van der Waals surface area contributed by atoms with Crippen LogP contribution >= 0.6 is 11.8 Å². The van der Waals surface area contributed by atoms with Gasteiger partial charge in [0.1, 0.15) is 5.82 Å². The minimum absolute atomic E-state index is 0.171. The molecule has 1 aromatic heterocycles. The lowest BCUT2D eigenvalue weighted by atomic mass is 9.94.